The Labute approximate surface area is 198 Å². The normalized spacial score (nSPS) is 15.5. The van der Waals surface area contributed by atoms with E-state index in [1.807, 2.05) is 36.4 Å². The molecule has 1 aromatic carbocycles. The summed E-state index contributed by atoms with van der Waals surface area (Å²) in [5, 5.41) is 4.51. The summed E-state index contributed by atoms with van der Waals surface area (Å²) in [6.07, 6.45) is 2.82. The van der Waals surface area contributed by atoms with Gasteiger partial charge < -0.3 is 10.1 Å². The van der Waals surface area contributed by atoms with E-state index in [4.69, 9.17) is 4.74 Å². The molecule has 1 aliphatic carbocycles. The number of carbonyl (C=O) groups excluding carboxylic acids is 2. The average Bonchev–Trinajstić information content (AvgIpc) is 3.49. The van der Waals surface area contributed by atoms with Gasteiger partial charge in [0.15, 0.2) is 0 Å². The number of carbonyl (C=O) groups is 2. The van der Waals surface area contributed by atoms with Gasteiger partial charge in [-0.25, -0.2) is 9.78 Å². The van der Waals surface area contributed by atoms with Gasteiger partial charge in [-0.05, 0) is 61.9 Å². The number of nitrogens with zero attached hydrogens (tertiary/aromatic N) is 1. The van der Waals surface area contributed by atoms with Crippen LogP contribution in [0.1, 0.15) is 50.7 Å². The molecule has 3 heterocycles. The van der Waals surface area contributed by atoms with Crippen molar-refractivity contribution >= 4 is 61.1 Å². The quantitative estimate of drug-likeness (QED) is 0.324. The van der Waals surface area contributed by atoms with Crippen molar-refractivity contribution in [1.29, 1.82) is 0 Å². The second kappa shape index (κ2) is 8.77. The van der Waals surface area contributed by atoms with Crippen LogP contribution in [0.3, 0.4) is 0 Å². The molecule has 0 saturated carbocycles. The largest absolute Gasteiger partial charge is 0.462 e. The number of thiophene rings is 2. The zero-order valence-corrected chi connectivity index (χ0v) is 20.2. The van der Waals surface area contributed by atoms with Crippen molar-refractivity contribution in [3.05, 3.63) is 57.3 Å². The molecule has 0 spiro atoms. The number of para-hydroxylation sites is 1. The summed E-state index contributed by atoms with van der Waals surface area (Å²) in [4.78, 5) is 33.2. The lowest BCUT2D eigenvalue weighted by Gasteiger charge is -2.18. The lowest BCUT2D eigenvalue weighted by molar-refractivity contribution is 0.0526. The fourth-order valence-electron chi connectivity index (χ4n) is 3.98. The standard InChI is InChI=1S/C24H22N2O3S3/c1-3-29-24(28)20-14-9-8-13(2)12-19(14)32-23(20)26-21(27)17-10-11-18(30-17)22-25-15-6-4-5-7-16(15)31-22/h4-7,10-11,13H,3,8-9,12H2,1-2H3,(H,26,27). The second-order valence-electron chi connectivity index (χ2n) is 7.88. The number of benzene rings is 1. The summed E-state index contributed by atoms with van der Waals surface area (Å²) in [5.41, 5.74) is 2.54. The number of ether oxygens (including phenoxy) is 1. The molecule has 32 heavy (non-hydrogen) atoms. The predicted octanol–water partition coefficient (Wildman–Crippen LogP) is 6.64. The second-order valence-corrected chi connectivity index (χ2v) is 11.1. The first kappa shape index (κ1) is 21.3. The molecule has 0 bridgehead atoms. The number of amides is 1. The highest BCUT2D eigenvalue weighted by atomic mass is 32.1. The number of rotatable bonds is 5. The van der Waals surface area contributed by atoms with Crippen molar-refractivity contribution in [2.24, 2.45) is 5.92 Å². The van der Waals surface area contributed by atoms with Gasteiger partial charge >= 0.3 is 5.97 Å². The Morgan fingerprint density at radius 2 is 2.00 bits per heavy atom. The van der Waals surface area contributed by atoms with Crippen molar-refractivity contribution in [1.82, 2.24) is 4.98 Å². The Morgan fingerprint density at radius 3 is 2.81 bits per heavy atom. The van der Waals surface area contributed by atoms with Crippen LogP contribution in [-0.4, -0.2) is 23.5 Å². The Bertz CT molecular complexity index is 1280. The van der Waals surface area contributed by atoms with E-state index in [1.165, 1.54) is 27.6 Å². The molecule has 1 unspecified atom stereocenters. The molecule has 3 aromatic heterocycles. The fraction of sp³-hybridized carbons (Fsp3) is 0.292. The monoisotopic (exact) mass is 482 g/mol. The molecule has 5 nitrogen and oxygen atoms in total. The molecule has 1 amide bonds. The molecule has 4 aromatic rings. The van der Waals surface area contributed by atoms with E-state index >= 15 is 0 Å². The van der Waals surface area contributed by atoms with Crippen LogP contribution in [0.25, 0.3) is 20.1 Å². The van der Waals surface area contributed by atoms with Crippen LogP contribution in [0.2, 0.25) is 0 Å². The number of aromatic nitrogens is 1. The molecule has 1 atom stereocenters. The molecule has 164 valence electrons. The Morgan fingerprint density at radius 1 is 1.16 bits per heavy atom. The molecule has 0 fully saturated rings. The van der Waals surface area contributed by atoms with Gasteiger partial charge in [-0.3, -0.25) is 4.79 Å². The van der Waals surface area contributed by atoms with Gasteiger partial charge in [-0.1, -0.05) is 19.1 Å². The third-order valence-corrected chi connectivity index (χ3v) is 9.01. The number of esters is 1. The number of hydrogen-bond donors (Lipinski definition) is 1. The number of thiazole rings is 1. The molecule has 8 heteroatoms. The van der Waals surface area contributed by atoms with Crippen molar-refractivity contribution < 1.29 is 14.3 Å². The minimum Gasteiger partial charge on any atom is -0.462 e. The van der Waals surface area contributed by atoms with Gasteiger partial charge in [0.25, 0.3) is 5.91 Å². The van der Waals surface area contributed by atoms with E-state index in [1.54, 1.807) is 18.3 Å². The summed E-state index contributed by atoms with van der Waals surface area (Å²) in [6.45, 7) is 4.33. The lowest BCUT2D eigenvalue weighted by atomic mass is 9.88. The zero-order valence-electron chi connectivity index (χ0n) is 17.8. The highest BCUT2D eigenvalue weighted by molar-refractivity contribution is 7.26. The Hall–Kier alpha value is -2.55. The van der Waals surface area contributed by atoms with E-state index in [-0.39, 0.29) is 11.9 Å². The van der Waals surface area contributed by atoms with Gasteiger partial charge in [-0.15, -0.1) is 34.0 Å². The SMILES string of the molecule is CCOC(=O)c1c(NC(=O)c2ccc(-c3nc4ccccc4s3)s2)sc2c1CCC(C)C2. The Balaban J connectivity index is 1.42. The summed E-state index contributed by atoms with van der Waals surface area (Å²) in [5.74, 6) is 0.0177. The van der Waals surface area contributed by atoms with Gasteiger partial charge in [-0.2, -0.15) is 0 Å². The van der Waals surface area contributed by atoms with E-state index < -0.39 is 0 Å². The molecule has 0 radical (unpaired) electrons. The first-order valence-corrected chi connectivity index (χ1v) is 13.1. The van der Waals surface area contributed by atoms with Crippen LogP contribution in [-0.2, 0) is 17.6 Å². The third-order valence-electron chi connectivity index (χ3n) is 5.55. The number of anilines is 1. The fourth-order valence-corrected chi connectivity index (χ4v) is 7.29. The summed E-state index contributed by atoms with van der Waals surface area (Å²) < 4.78 is 6.43. The minimum atomic E-state index is -0.351. The van der Waals surface area contributed by atoms with Crippen molar-refractivity contribution in [2.75, 3.05) is 11.9 Å². The summed E-state index contributed by atoms with van der Waals surface area (Å²) in [6, 6.07) is 11.8. The lowest BCUT2D eigenvalue weighted by Crippen LogP contribution is -2.16. The maximum absolute atomic E-state index is 13.1. The van der Waals surface area contributed by atoms with E-state index in [0.717, 1.165) is 44.9 Å². The zero-order chi connectivity index (χ0) is 22.2. The predicted molar refractivity (Wildman–Crippen MR) is 132 cm³/mol. The molecule has 1 aliphatic rings. The highest BCUT2D eigenvalue weighted by Gasteiger charge is 2.29. The third kappa shape index (κ3) is 3.98. The first-order chi connectivity index (χ1) is 15.5. The van der Waals surface area contributed by atoms with Crippen molar-refractivity contribution in [3.63, 3.8) is 0 Å². The van der Waals surface area contributed by atoms with Crippen LogP contribution in [0.4, 0.5) is 5.00 Å². The molecular formula is C24H22N2O3S3. The summed E-state index contributed by atoms with van der Waals surface area (Å²) in [7, 11) is 0. The molecule has 0 saturated heterocycles. The topological polar surface area (TPSA) is 68.3 Å². The van der Waals surface area contributed by atoms with Gasteiger partial charge in [0.05, 0.1) is 32.1 Å². The summed E-state index contributed by atoms with van der Waals surface area (Å²) >= 11 is 4.54. The van der Waals surface area contributed by atoms with Crippen molar-refractivity contribution in [3.8, 4) is 9.88 Å². The maximum atomic E-state index is 13.1. The van der Waals surface area contributed by atoms with Crippen LogP contribution in [0.5, 0.6) is 0 Å². The first-order valence-electron chi connectivity index (χ1n) is 10.6. The van der Waals surface area contributed by atoms with Gasteiger partial charge in [0.2, 0.25) is 0 Å². The van der Waals surface area contributed by atoms with Crippen LogP contribution in [0, 0.1) is 5.92 Å². The Kier molecular flexibility index (Phi) is 5.84. The maximum Gasteiger partial charge on any atom is 0.341 e. The van der Waals surface area contributed by atoms with E-state index in [9.17, 15) is 9.59 Å². The average molecular weight is 483 g/mol. The van der Waals surface area contributed by atoms with E-state index in [0.29, 0.717) is 28.0 Å². The molecule has 0 aliphatic heterocycles. The van der Waals surface area contributed by atoms with Gasteiger partial charge in [0.1, 0.15) is 10.0 Å². The number of fused-ring (bicyclic) bond motifs is 2. The van der Waals surface area contributed by atoms with Crippen LogP contribution >= 0.6 is 34.0 Å². The number of nitrogens with one attached hydrogen (secondary N) is 1. The van der Waals surface area contributed by atoms with Gasteiger partial charge in [0, 0.05) is 4.88 Å². The molecule has 1 N–H and O–H groups in total. The van der Waals surface area contributed by atoms with Crippen LogP contribution in [0.15, 0.2) is 36.4 Å². The van der Waals surface area contributed by atoms with Crippen LogP contribution < -0.4 is 5.32 Å². The smallest absolute Gasteiger partial charge is 0.341 e. The molecule has 5 rings (SSSR count). The highest BCUT2D eigenvalue weighted by Crippen LogP contribution is 2.41. The van der Waals surface area contributed by atoms with Crippen molar-refractivity contribution in [2.45, 2.75) is 33.1 Å². The minimum absolute atomic E-state index is 0.209. The molecular weight excluding hydrogens is 460 g/mol. The van der Waals surface area contributed by atoms with E-state index in [2.05, 4.69) is 17.2 Å². The number of hydrogen-bond acceptors (Lipinski definition) is 7.